The summed E-state index contributed by atoms with van der Waals surface area (Å²) in [5.74, 6) is -1.30. The van der Waals surface area contributed by atoms with Crippen molar-refractivity contribution in [2.75, 3.05) is 26.7 Å². The van der Waals surface area contributed by atoms with Gasteiger partial charge >= 0.3 is 18.2 Å². The number of methoxy groups -OCH3 is 1. The predicted octanol–water partition coefficient (Wildman–Crippen LogP) is 1.07. The molecule has 0 aromatic rings. The third kappa shape index (κ3) is 7.50. The number of nitrogens with one attached hydrogen (secondary N) is 1. The van der Waals surface area contributed by atoms with Crippen LogP contribution in [0.4, 0.5) is 18.0 Å². The minimum Gasteiger partial charge on any atom is -0.479 e. The van der Waals surface area contributed by atoms with Crippen LogP contribution in [0.15, 0.2) is 0 Å². The fraction of sp³-hybridized carbons (Fsp3) is 0.800. The zero-order chi connectivity index (χ0) is 15.1. The van der Waals surface area contributed by atoms with E-state index in [2.05, 4.69) is 10.1 Å². The van der Waals surface area contributed by atoms with Crippen LogP contribution in [0.2, 0.25) is 0 Å². The quantitative estimate of drug-likeness (QED) is 0.733. The van der Waals surface area contributed by atoms with Gasteiger partial charge in [0.1, 0.15) is 6.54 Å². The van der Waals surface area contributed by atoms with E-state index >= 15 is 0 Å². The van der Waals surface area contributed by atoms with Crippen LogP contribution >= 0.6 is 0 Å². The summed E-state index contributed by atoms with van der Waals surface area (Å²) in [5.41, 5.74) is 0. The number of amides is 2. The number of nitrogens with zero attached hydrogens (tertiary/aromatic N) is 1. The minimum atomic E-state index is -4.50. The SMILES string of the molecule is CCCN(CC(F)(F)F)C(=O)NCC(OC)C(=O)O. The Labute approximate surface area is 108 Å². The second-order valence-corrected chi connectivity index (χ2v) is 3.79. The summed E-state index contributed by atoms with van der Waals surface area (Å²) in [5, 5.41) is 10.7. The average Bonchev–Trinajstić information content (AvgIpc) is 2.26. The Morgan fingerprint density at radius 1 is 1.42 bits per heavy atom. The van der Waals surface area contributed by atoms with E-state index in [4.69, 9.17) is 5.11 Å². The summed E-state index contributed by atoms with van der Waals surface area (Å²) >= 11 is 0. The number of hydrogen-bond acceptors (Lipinski definition) is 3. The fourth-order valence-electron chi connectivity index (χ4n) is 1.30. The van der Waals surface area contributed by atoms with Crippen LogP contribution in [0.5, 0.6) is 0 Å². The van der Waals surface area contributed by atoms with Crippen LogP contribution in [-0.2, 0) is 9.53 Å². The molecule has 0 aromatic heterocycles. The van der Waals surface area contributed by atoms with E-state index in [9.17, 15) is 22.8 Å². The van der Waals surface area contributed by atoms with E-state index in [1.807, 2.05) is 0 Å². The molecule has 0 heterocycles. The largest absolute Gasteiger partial charge is 0.479 e. The summed E-state index contributed by atoms with van der Waals surface area (Å²) in [4.78, 5) is 22.7. The summed E-state index contributed by atoms with van der Waals surface area (Å²) < 4.78 is 41.3. The van der Waals surface area contributed by atoms with Gasteiger partial charge in [0.15, 0.2) is 6.10 Å². The standard InChI is InChI=1S/C10H17F3N2O4/c1-3-4-15(6-10(11,12)13)9(18)14-5-7(19-2)8(16)17/h7H,3-6H2,1-2H3,(H,14,18)(H,16,17). The summed E-state index contributed by atoms with van der Waals surface area (Å²) in [6, 6.07) is -0.970. The molecule has 1 unspecified atom stereocenters. The molecule has 0 aromatic carbocycles. The zero-order valence-corrected chi connectivity index (χ0v) is 10.7. The Morgan fingerprint density at radius 3 is 2.37 bits per heavy atom. The van der Waals surface area contributed by atoms with Crippen molar-refractivity contribution < 1.29 is 32.6 Å². The van der Waals surface area contributed by atoms with Crippen molar-refractivity contribution in [1.82, 2.24) is 10.2 Å². The first kappa shape index (κ1) is 17.5. The molecule has 0 fully saturated rings. The average molecular weight is 286 g/mol. The van der Waals surface area contributed by atoms with E-state index in [1.165, 1.54) is 0 Å². The van der Waals surface area contributed by atoms with E-state index in [0.717, 1.165) is 7.11 Å². The Morgan fingerprint density at radius 2 is 2.00 bits per heavy atom. The zero-order valence-electron chi connectivity index (χ0n) is 10.7. The maximum Gasteiger partial charge on any atom is 0.406 e. The lowest BCUT2D eigenvalue weighted by Gasteiger charge is -2.24. The van der Waals surface area contributed by atoms with Crippen LogP contribution < -0.4 is 5.32 Å². The van der Waals surface area contributed by atoms with Gasteiger partial charge in [0.25, 0.3) is 0 Å². The van der Waals surface area contributed by atoms with Crippen molar-refractivity contribution >= 4 is 12.0 Å². The number of aliphatic carboxylic acids is 1. The highest BCUT2D eigenvalue weighted by atomic mass is 19.4. The first-order chi connectivity index (χ1) is 8.71. The number of urea groups is 1. The number of halogens is 3. The van der Waals surface area contributed by atoms with Gasteiger partial charge in [-0.2, -0.15) is 13.2 Å². The van der Waals surface area contributed by atoms with Crippen molar-refractivity contribution in [2.45, 2.75) is 25.6 Å². The molecule has 1 atom stereocenters. The molecule has 112 valence electrons. The van der Waals surface area contributed by atoms with Crippen LogP contribution in [0.25, 0.3) is 0 Å². The Kier molecular flexibility index (Phi) is 7.20. The van der Waals surface area contributed by atoms with E-state index in [1.54, 1.807) is 6.92 Å². The van der Waals surface area contributed by atoms with Gasteiger partial charge in [0.2, 0.25) is 0 Å². The molecule has 0 saturated carbocycles. The lowest BCUT2D eigenvalue weighted by molar-refractivity contribution is -0.148. The van der Waals surface area contributed by atoms with Crippen molar-refractivity contribution in [3.8, 4) is 0 Å². The molecule has 0 rings (SSSR count). The smallest absolute Gasteiger partial charge is 0.406 e. The van der Waals surface area contributed by atoms with Crippen molar-refractivity contribution in [3.05, 3.63) is 0 Å². The monoisotopic (exact) mass is 286 g/mol. The predicted molar refractivity (Wildman–Crippen MR) is 59.8 cm³/mol. The lowest BCUT2D eigenvalue weighted by atomic mass is 10.3. The Balaban J connectivity index is 4.44. The molecule has 0 aliphatic heterocycles. The second kappa shape index (κ2) is 7.82. The molecule has 0 aliphatic rings. The minimum absolute atomic E-state index is 0.0733. The molecular weight excluding hydrogens is 269 g/mol. The normalized spacial score (nSPS) is 12.9. The van der Waals surface area contributed by atoms with Crippen LogP contribution in [0.1, 0.15) is 13.3 Å². The third-order valence-corrected chi connectivity index (χ3v) is 2.15. The highest BCUT2D eigenvalue weighted by Gasteiger charge is 2.33. The van der Waals surface area contributed by atoms with Gasteiger partial charge in [-0.1, -0.05) is 6.92 Å². The van der Waals surface area contributed by atoms with Crippen LogP contribution in [0, 0.1) is 0 Å². The second-order valence-electron chi connectivity index (χ2n) is 3.79. The Hall–Kier alpha value is -1.51. The van der Waals surface area contributed by atoms with Gasteiger partial charge in [0, 0.05) is 13.7 Å². The molecule has 0 aliphatic carbocycles. The number of hydrogen-bond donors (Lipinski definition) is 2. The number of carboxylic acid groups (broad SMARTS) is 1. The van der Waals surface area contributed by atoms with Gasteiger partial charge in [0.05, 0.1) is 6.54 Å². The number of carbonyl (C=O) groups excluding carboxylic acids is 1. The molecule has 6 nitrogen and oxygen atoms in total. The van der Waals surface area contributed by atoms with E-state index in [0.29, 0.717) is 11.3 Å². The van der Waals surface area contributed by atoms with E-state index in [-0.39, 0.29) is 6.54 Å². The highest BCUT2D eigenvalue weighted by Crippen LogP contribution is 2.16. The molecule has 2 N–H and O–H groups in total. The number of carboxylic acids is 1. The molecule has 19 heavy (non-hydrogen) atoms. The van der Waals surface area contributed by atoms with Crippen LogP contribution in [0.3, 0.4) is 0 Å². The van der Waals surface area contributed by atoms with Gasteiger partial charge in [-0.3, -0.25) is 0 Å². The highest BCUT2D eigenvalue weighted by molar-refractivity contribution is 5.77. The molecular formula is C10H17F3N2O4. The molecule has 0 bridgehead atoms. The summed E-state index contributed by atoms with van der Waals surface area (Å²) in [6.45, 7) is -0.220. The van der Waals surface area contributed by atoms with Gasteiger partial charge in [-0.05, 0) is 6.42 Å². The Bertz CT molecular complexity index is 310. The maximum atomic E-state index is 12.2. The summed E-state index contributed by atoms with van der Waals surface area (Å²) in [7, 11) is 1.13. The number of rotatable bonds is 7. The van der Waals surface area contributed by atoms with Crippen molar-refractivity contribution in [1.29, 1.82) is 0 Å². The molecule has 9 heteroatoms. The fourth-order valence-corrected chi connectivity index (χ4v) is 1.30. The summed E-state index contributed by atoms with van der Waals surface area (Å²) in [6.07, 6.45) is -5.44. The van der Waals surface area contributed by atoms with Gasteiger partial charge < -0.3 is 20.1 Å². The molecule has 0 spiro atoms. The number of alkyl halides is 3. The van der Waals surface area contributed by atoms with Gasteiger partial charge in [-0.15, -0.1) is 0 Å². The van der Waals surface area contributed by atoms with Crippen molar-refractivity contribution in [2.24, 2.45) is 0 Å². The van der Waals surface area contributed by atoms with Crippen molar-refractivity contribution in [3.63, 3.8) is 0 Å². The third-order valence-electron chi connectivity index (χ3n) is 2.15. The number of carbonyl (C=O) groups is 2. The maximum absolute atomic E-state index is 12.2. The molecule has 0 radical (unpaired) electrons. The van der Waals surface area contributed by atoms with Crippen LogP contribution in [-0.4, -0.2) is 61.0 Å². The lowest BCUT2D eigenvalue weighted by Crippen LogP contribution is -2.48. The molecule has 2 amide bonds. The first-order valence-electron chi connectivity index (χ1n) is 5.56. The van der Waals surface area contributed by atoms with E-state index < -0.39 is 37.4 Å². The molecule has 0 saturated heterocycles. The number of ether oxygens (including phenoxy) is 1. The topological polar surface area (TPSA) is 78.9 Å². The van der Waals surface area contributed by atoms with Gasteiger partial charge in [-0.25, -0.2) is 9.59 Å². The first-order valence-corrected chi connectivity index (χ1v) is 5.56.